The topological polar surface area (TPSA) is 69.3 Å². The van der Waals surface area contributed by atoms with Crippen molar-refractivity contribution in [2.45, 2.75) is 38.1 Å². The molecule has 37 heavy (non-hydrogen) atoms. The van der Waals surface area contributed by atoms with Crippen LogP contribution in [0.15, 0.2) is 72.8 Å². The number of para-hydroxylation sites is 1. The summed E-state index contributed by atoms with van der Waals surface area (Å²) in [7, 11) is 0. The highest BCUT2D eigenvalue weighted by Crippen LogP contribution is 2.33. The number of ether oxygens (including phenoxy) is 4. The maximum absolute atomic E-state index is 14.5. The van der Waals surface area contributed by atoms with Crippen LogP contribution in [0.1, 0.15) is 24.0 Å². The number of rotatable bonds is 11. The first-order chi connectivity index (χ1) is 18.1. The Bertz CT molecular complexity index is 1190. The standard InChI is InChI=1S/C29H31FN2O5/c30-24-10-4-5-11-25(24)37-28(29(33)31-16-21-7-2-1-3-8-21)19-32(18-23-9-6-14-34-23)17-22-12-13-26-27(15-22)36-20-35-26/h1-5,7-8,10-13,15,23,28H,6,9,14,16-20H2,(H,31,33). The van der Waals surface area contributed by atoms with Crippen LogP contribution in [-0.2, 0) is 22.6 Å². The van der Waals surface area contributed by atoms with Crippen LogP contribution in [0.4, 0.5) is 4.39 Å². The number of halogens is 1. The molecule has 7 nitrogen and oxygen atoms in total. The van der Waals surface area contributed by atoms with Crippen LogP contribution in [0.2, 0.25) is 0 Å². The van der Waals surface area contributed by atoms with Gasteiger partial charge in [0.25, 0.3) is 5.91 Å². The molecular weight excluding hydrogens is 475 g/mol. The van der Waals surface area contributed by atoms with Gasteiger partial charge < -0.3 is 24.3 Å². The number of nitrogens with one attached hydrogen (secondary N) is 1. The summed E-state index contributed by atoms with van der Waals surface area (Å²) in [5.74, 6) is 0.646. The van der Waals surface area contributed by atoms with Gasteiger partial charge in [0, 0.05) is 32.8 Å². The molecule has 5 rings (SSSR count). The van der Waals surface area contributed by atoms with Gasteiger partial charge in [0.15, 0.2) is 29.2 Å². The third-order valence-corrected chi connectivity index (χ3v) is 6.46. The number of nitrogens with zero attached hydrogens (tertiary/aromatic N) is 1. The summed E-state index contributed by atoms with van der Waals surface area (Å²) in [6.07, 6.45) is 1.10. The van der Waals surface area contributed by atoms with Gasteiger partial charge in [0.1, 0.15) is 0 Å². The molecule has 1 amide bonds. The Morgan fingerprint density at radius 1 is 1.03 bits per heavy atom. The molecule has 2 aliphatic heterocycles. The lowest BCUT2D eigenvalue weighted by Gasteiger charge is -2.29. The van der Waals surface area contributed by atoms with Gasteiger partial charge in [-0.2, -0.15) is 0 Å². The fourth-order valence-corrected chi connectivity index (χ4v) is 4.58. The zero-order chi connectivity index (χ0) is 25.5. The average molecular weight is 507 g/mol. The zero-order valence-electron chi connectivity index (χ0n) is 20.6. The second-order valence-electron chi connectivity index (χ2n) is 9.26. The van der Waals surface area contributed by atoms with Crippen molar-refractivity contribution in [1.29, 1.82) is 0 Å². The van der Waals surface area contributed by atoms with E-state index in [0.717, 1.165) is 36.3 Å². The fourth-order valence-electron chi connectivity index (χ4n) is 4.58. The van der Waals surface area contributed by atoms with Gasteiger partial charge in [0.2, 0.25) is 6.79 Å². The normalized spacial score (nSPS) is 17.1. The lowest BCUT2D eigenvalue weighted by molar-refractivity contribution is -0.129. The molecule has 2 heterocycles. The van der Waals surface area contributed by atoms with Crippen molar-refractivity contribution >= 4 is 5.91 Å². The number of benzene rings is 3. The molecule has 194 valence electrons. The van der Waals surface area contributed by atoms with Gasteiger partial charge in [-0.15, -0.1) is 0 Å². The molecule has 1 fully saturated rings. The summed E-state index contributed by atoms with van der Waals surface area (Å²) in [6.45, 7) is 2.71. The van der Waals surface area contributed by atoms with Crippen molar-refractivity contribution in [3.05, 3.63) is 89.7 Å². The first-order valence-electron chi connectivity index (χ1n) is 12.6. The van der Waals surface area contributed by atoms with Gasteiger partial charge in [-0.1, -0.05) is 48.5 Å². The smallest absolute Gasteiger partial charge is 0.262 e. The molecule has 8 heteroatoms. The van der Waals surface area contributed by atoms with E-state index in [0.29, 0.717) is 25.4 Å². The molecule has 2 aliphatic rings. The van der Waals surface area contributed by atoms with Crippen molar-refractivity contribution < 1.29 is 28.1 Å². The largest absolute Gasteiger partial charge is 0.476 e. The van der Waals surface area contributed by atoms with Gasteiger partial charge in [0.05, 0.1) is 6.10 Å². The SMILES string of the molecule is O=C(NCc1ccccc1)C(CN(Cc1ccc2c(c1)OCO2)CC1CCCO1)Oc1ccccc1F. The molecule has 3 aromatic rings. The van der Waals surface area contributed by atoms with E-state index in [1.54, 1.807) is 12.1 Å². The van der Waals surface area contributed by atoms with E-state index >= 15 is 0 Å². The third kappa shape index (κ3) is 6.78. The highest BCUT2D eigenvalue weighted by atomic mass is 19.1. The predicted molar refractivity (Wildman–Crippen MR) is 136 cm³/mol. The van der Waals surface area contributed by atoms with Crippen LogP contribution in [0.5, 0.6) is 17.2 Å². The van der Waals surface area contributed by atoms with Gasteiger partial charge in [-0.3, -0.25) is 9.69 Å². The van der Waals surface area contributed by atoms with E-state index in [2.05, 4.69) is 10.2 Å². The Labute approximate surface area is 216 Å². The summed E-state index contributed by atoms with van der Waals surface area (Å²) < 4.78 is 37.3. The number of fused-ring (bicyclic) bond motifs is 1. The van der Waals surface area contributed by atoms with Crippen LogP contribution in [0.25, 0.3) is 0 Å². The minimum Gasteiger partial charge on any atom is -0.476 e. The van der Waals surface area contributed by atoms with Crippen LogP contribution in [-0.4, -0.2) is 49.5 Å². The van der Waals surface area contributed by atoms with Gasteiger partial charge in [-0.25, -0.2) is 4.39 Å². The summed E-state index contributed by atoms with van der Waals surface area (Å²) in [5, 5.41) is 2.95. The first kappa shape index (κ1) is 25.0. The van der Waals surface area contributed by atoms with Crippen molar-refractivity contribution in [2.75, 3.05) is 26.5 Å². The zero-order valence-corrected chi connectivity index (χ0v) is 20.6. The van der Waals surface area contributed by atoms with Crippen LogP contribution in [0.3, 0.4) is 0 Å². The molecule has 1 N–H and O–H groups in total. The minimum atomic E-state index is -0.934. The molecule has 0 radical (unpaired) electrons. The van der Waals surface area contributed by atoms with Crippen LogP contribution < -0.4 is 19.5 Å². The lowest BCUT2D eigenvalue weighted by atomic mass is 10.1. The first-order valence-corrected chi connectivity index (χ1v) is 12.6. The van der Waals surface area contributed by atoms with E-state index in [-0.39, 0.29) is 31.1 Å². The minimum absolute atomic E-state index is 0.0440. The van der Waals surface area contributed by atoms with Crippen LogP contribution in [0, 0.1) is 5.82 Å². The molecule has 2 atom stereocenters. The summed E-state index contributed by atoms with van der Waals surface area (Å²) in [4.78, 5) is 15.5. The van der Waals surface area contributed by atoms with E-state index in [4.69, 9.17) is 18.9 Å². The molecule has 1 saturated heterocycles. The number of hydrogen-bond acceptors (Lipinski definition) is 6. The fraction of sp³-hybridized carbons (Fsp3) is 0.345. The molecule has 0 spiro atoms. The Hall–Kier alpha value is -3.62. The maximum Gasteiger partial charge on any atom is 0.262 e. The monoisotopic (exact) mass is 506 g/mol. The quantitative estimate of drug-likeness (QED) is 0.418. The number of amides is 1. The Balaban J connectivity index is 1.34. The number of carbonyl (C=O) groups is 1. The van der Waals surface area contributed by atoms with E-state index in [1.165, 1.54) is 12.1 Å². The molecule has 0 aliphatic carbocycles. The second-order valence-corrected chi connectivity index (χ2v) is 9.26. The van der Waals surface area contributed by atoms with E-state index in [9.17, 15) is 9.18 Å². The summed E-state index contributed by atoms with van der Waals surface area (Å²) >= 11 is 0. The Morgan fingerprint density at radius 3 is 2.65 bits per heavy atom. The number of hydrogen-bond donors (Lipinski definition) is 1. The molecule has 3 aromatic carbocycles. The Morgan fingerprint density at radius 2 is 1.84 bits per heavy atom. The average Bonchev–Trinajstić information content (AvgIpc) is 3.60. The lowest BCUT2D eigenvalue weighted by Crippen LogP contribution is -2.47. The molecule has 0 aromatic heterocycles. The molecular formula is C29H31FN2O5. The van der Waals surface area contributed by atoms with E-state index in [1.807, 2.05) is 48.5 Å². The maximum atomic E-state index is 14.5. The summed E-state index contributed by atoms with van der Waals surface area (Å²) in [5.41, 5.74) is 1.98. The Kier molecular flexibility index (Phi) is 8.18. The molecule has 0 bridgehead atoms. The molecule has 2 unspecified atom stereocenters. The van der Waals surface area contributed by atoms with Crippen molar-refractivity contribution in [2.24, 2.45) is 0 Å². The van der Waals surface area contributed by atoms with Gasteiger partial charge in [-0.05, 0) is 48.2 Å². The van der Waals surface area contributed by atoms with Gasteiger partial charge >= 0.3 is 0 Å². The highest BCUT2D eigenvalue weighted by Gasteiger charge is 2.28. The number of carbonyl (C=O) groups excluding carboxylic acids is 1. The van der Waals surface area contributed by atoms with Crippen molar-refractivity contribution in [1.82, 2.24) is 10.2 Å². The van der Waals surface area contributed by atoms with Crippen molar-refractivity contribution in [3.8, 4) is 17.2 Å². The second kappa shape index (κ2) is 12.1. The van der Waals surface area contributed by atoms with E-state index < -0.39 is 11.9 Å². The molecule has 0 saturated carbocycles. The summed E-state index contributed by atoms with van der Waals surface area (Å²) in [6, 6.07) is 21.6. The highest BCUT2D eigenvalue weighted by molar-refractivity contribution is 5.81. The van der Waals surface area contributed by atoms with Crippen molar-refractivity contribution in [3.63, 3.8) is 0 Å². The third-order valence-electron chi connectivity index (χ3n) is 6.46. The van der Waals surface area contributed by atoms with Crippen LogP contribution >= 0.6 is 0 Å². The predicted octanol–water partition coefficient (Wildman–Crippen LogP) is 4.30.